The predicted molar refractivity (Wildman–Crippen MR) is 68.5 cm³/mol. The van der Waals surface area contributed by atoms with E-state index in [0.29, 0.717) is 0 Å². The SMILES string of the molecule is COc1c(C(O)C2CCCN2)ccc(C)c1C. The van der Waals surface area contributed by atoms with Crippen LogP contribution < -0.4 is 10.1 Å². The molecule has 3 nitrogen and oxygen atoms in total. The summed E-state index contributed by atoms with van der Waals surface area (Å²) in [4.78, 5) is 0. The lowest BCUT2D eigenvalue weighted by Crippen LogP contribution is -2.29. The quantitative estimate of drug-likeness (QED) is 0.843. The van der Waals surface area contributed by atoms with Crippen molar-refractivity contribution in [1.82, 2.24) is 5.32 Å². The summed E-state index contributed by atoms with van der Waals surface area (Å²) >= 11 is 0. The van der Waals surface area contributed by atoms with Gasteiger partial charge < -0.3 is 15.2 Å². The zero-order chi connectivity index (χ0) is 12.4. The van der Waals surface area contributed by atoms with E-state index in [1.54, 1.807) is 7.11 Å². The average Bonchev–Trinajstić information content (AvgIpc) is 2.85. The Morgan fingerprint density at radius 3 is 2.76 bits per heavy atom. The molecule has 2 unspecified atom stereocenters. The van der Waals surface area contributed by atoms with Crippen molar-refractivity contribution in [2.75, 3.05) is 13.7 Å². The van der Waals surface area contributed by atoms with Crippen molar-refractivity contribution in [2.24, 2.45) is 0 Å². The van der Waals surface area contributed by atoms with Crippen LogP contribution in [0, 0.1) is 13.8 Å². The standard InChI is InChI=1S/C14H21NO2/c1-9-6-7-11(14(17-3)10(9)2)13(16)12-5-4-8-15-12/h6-7,12-13,15-16H,4-5,8H2,1-3H3. The minimum absolute atomic E-state index is 0.158. The van der Waals surface area contributed by atoms with Gasteiger partial charge in [-0.2, -0.15) is 0 Å². The van der Waals surface area contributed by atoms with Crippen LogP contribution in [0.15, 0.2) is 12.1 Å². The Kier molecular flexibility index (Phi) is 3.69. The topological polar surface area (TPSA) is 41.5 Å². The third kappa shape index (κ3) is 2.31. The number of aliphatic hydroxyl groups is 1. The summed E-state index contributed by atoms with van der Waals surface area (Å²) in [5.41, 5.74) is 3.20. The van der Waals surface area contributed by atoms with Gasteiger partial charge in [0.05, 0.1) is 13.2 Å². The minimum atomic E-state index is -0.480. The van der Waals surface area contributed by atoms with Gasteiger partial charge in [0.1, 0.15) is 5.75 Å². The van der Waals surface area contributed by atoms with Gasteiger partial charge in [0.25, 0.3) is 0 Å². The van der Waals surface area contributed by atoms with E-state index in [0.717, 1.165) is 36.3 Å². The number of hydrogen-bond acceptors (Lipinski definition) is 3. The number of benzene rings is 1. The average molecular weight is 235 g/mol. The van der Waals surface area contributed by atoms with Gasteiger partial charge in [-0.15, -0.1) is 0 Å². The van der Waals surface area contributed by atoms with E-state index in [9.17, 15) is 5.11 Å². The van der Waals surface area contributed by atoms with Crippen LogP contribution in [0.3, 0.4) is 0 Å². The van der Waals surface area contributed by atoms with Gasteiger partial charge in [0, 0.05) is 11.6 Å². The summed E-state index contributed by atoms with van der Waals surface area (Å²) in [5, 5.41) is 13.7. The van der Waals surface area contributed by atoms with E-state index in [4.69, 9.17) is 4.74 Å². The van der Waals surface area contributed by atoms with E-state index >= 15 is 0 Å². The van der Waals surface area contributed by atoms with Crippen molar-refractivity contribution in [2.45, 2.75) is 38.8 Å². The first-order valence-electron chi connectivity index (χ1n) is 6.20. The minimum Gasteiger partial charge on any atom is -0.496 e. The molecule has 3 heteroatoms. The second-order valence-electron chi connectivity index (χ2n) is 4.78. The molecule has 1 aliphatic heterocycles. The second-order valence-corrected chi connectivity index (χ2v) is 4.78. The van der Waals surface area contributed by atoms with Crippen molar-refractivity contribution in [3.63, 3.8) is 0 Å². The Balaban J connectivity index is 2.33. The van der Waals surface area contributed by atoms with E-state index in [-0.39, 0.29) is 6.04 Å². The molecule has 0 bridgehead atoms. The molecule has 1 aromatic rings. The first-order valence-corrected chi connectivity index (χ1v) is 6.20. The van der Waals surface area contributed by atoms with Crippen LogP contribution in [-0.4, -0.2) is 24.8 Å². The molecule has 1 heterocycles. The highest BCUT2D eigenvalue weighted by molar-refractivity contribution is 5.46. The van der Waals surface area contributed by atoms with Crippen LogP contribution in [0.4, 0.5) is 0 Å². The zero-order valence-corrected chi connectivity index (χ0v) is 10.8. The van der Waals surface area contributed by atoms with Gasteiger partial charge in [-0.3, -0.25) is 0 Å². The number of aryl methyl sites for hydroxylation is 1. The second kappa shape index (κ2) is 5.07. The Morgan fingerprint density at radius 1 is 1.41 bits per heavy atom. The van der Waals surface area contributed by atoms with Gasteiger partial charge in [-0.1, -0.05) is 12.1 Å². The maximum Gasteiger partial charge on any atom is 0.127 e. The van der Waals surface area contributed by atoms with Gasteiger partial charge in [0.2, 0.25) is 0 Å². The predicted octanol–water partition coefficient (Wildman–Crippen LogP) is 2.10. The number of methoxy groups -OCH3 is 1. The molecule has 0 radical (unpaired) electrons. The van der Waals surface area contributed by atoms with Gasteiger partial charge in [0.15, 0.2) is 0 Å². The highest BCUT2D eigenvalue weighted by atomic mass is 16.5. The van der Waals surface area contributed by atoms with Gasteiger partial charge in [-0.25, -0.2) is 0 Å². The molecule has 0 saturated carbocycles. The molecule has 2 rings (SSSR count). The Bertz CT molecular complexity index is 397. The molecule has 0 spiro atoms. The van der Waals surface area contributed by atoms with Crippen molar-refractivity contribution in [3.8, 4) is 5.75 Å². The zero-order valence-electron chi connectivity index (χ0n) is 10.8. The third-order valence-electron chi connectivity index (χ3n) is 3.71. The number of hydrogen-bond donors (Lipinski definition) is 2. The maximum atomic E-state index is 10.4. The molecule has 1 saturated heterocycles. The summed E-state index contributed by atoms with van der Waals surface area (Å²) in [7, 11) is 1.67. The number of aliphatic hydroxyl groups excluding tert-OH is 1. The lowest BCUT2D eigenvalue weighted by atomic mass is 9.96. The molecular weight excluding hydrogens is 214 g/mol. The van der Waals surface area contributed by atoms with Gasteiger partial charge >= 0.3 is 0 Å². The lowest BCUT2D eigenvalue weighted by Gasteiger charge is -2.22. The van der Waals surface area contributed by atoms with E-state index in [1.807, 2.05) is 19.1 Å². The third-order valence-corrected chi connectivity index (χ3v) is 3.71. The van der Waals surface area contributed by atoms with Crippen LogP contribution >= 0.6 is 0 Å². The Morgan fingerprint density at radius 2 is 2.18 bits per heavy atom. The summed E-state index contributed by atoms with van der Waals surface area (Å²) < 4.78 is 5.45. The first-order chi connectivity index (χ1) is 8.15. The fraction of sp³-hybridized carbons (Fsp3) is 0.571. The molecule has 94 valence electrons. The van der Waals surface area contributed by atoms with Crippen LogP contribution in [-0.2, 0) is 0 Å². The van der Waals surface area contributed by atoms with E-state index < -0.39 is 6.10 Å². The fourth-order valence-electron chi connectivity index (χ4n) is 2.51. The Labute approximate surface area is 103 Å². The number of rotatable bonds is 3. The van der Waals surface area contributed by atoms with Crippen molar-refractivity contribution >= 4 is 0 Å². The number of nitrogens with one attached hydrogen (secondary N) is 1. The highest BCUT2D eigenvalue weighted by Crippen LogP contribution is 2.34. The molecular formula is C14H21NO2. The normalized spacial score (nSPS) is 21.5. The van der Waals surface area contributed by atoms with E-state index in [1.165, 1.54) is 5.56 Å². The summed E-state index contributed by atoms with van der Waals surface area (Å²) in [6.45, 7) is 5.09. The molecule has 2 atom stereocenters. The molecule has 0 amide bonds. The molecule has 2 N–H and O–H groups in total. The monoisotopic (exact) mass is 235 g/mol. The molecule has 1 aliphatic rings. The smallest absolute Gasteiger partial charge is 0.127 e. The molecule has 0 aliphatic carbocycles. The largest absolute Gasteiger partial charge is 0.496 e. The highest BCUT2D eigenvalue weighted by Gasteiger charge is 2.26. The lowest BCUT2D eigenvalue weighted by molar-refractivity contribution is 0.134. The molecule has 0 aromatic heterocycles. The Hall–Kier alpha value is -1.06. The summed E-state index contributed by atoms with van der Waals surface area (Å²) in [5.74, 6) is 0.825. The molecule has 1 fully saturated rings. The molecule has 1 aromatic carbocycles. The molecule has 17 heavy (non-hydrogen) atoms. The summed E-state index contributed by atoms with van der Waals surface area (Å²) in [6, 6.07) is 4.18. The van der Waals surface area contributed by atoms with E-state index in [2.05, 4.69) is 12.2 Å². The van der Waals surface area contributed by atoms with Crippen molar-refractivity contribution < 1.29 is 9.84 Å². The number of ether oxygens (including phenoxy) is 1. The van der Waals surface area contributed by atoms with Gasteiger partial charge in [-0.05, 0) is 44.4 Å². The van der Waals surface area contributed by atoms with Crippen LogP contribution in [0.2, 0.25) is 0 Å². The van der Waals surface area contributed by atoms with Crippen LogP contribution in [0.5, 0.6) is 5.75 Å². The summed E-state index contributed by atoms with van der Waals surface area (Å²) in [6.07, 6.45) is 1.68. The maximum absolute atomic E-state index is 10.4. The van der Waals surface area contributed by atoms with Crippen LogP contribution in [0.25, 0.3) is 0 Å². The fourth-order valence-corrected chi connectivity index (χ4v) is 2.51. The van der Waals surface area contributed by atoms with Crippen LogP contribution in [0.1, 0.15) is 35.6 Å². The van der Waals surface area contributed by atoms with Crippen molar-refractivity contribution in [3.05, 3.63) is 28.8 Å². The first kappa shape index (κ1) is 12.4. The van der Waals surface area contributed by atoms with Crippen molar-refractivity contribution in [1.29, 1.82) is 0 Å².